The van der Waals surface area contributed by atoms with Gasteiger partial charge in [0.15, 0.2) is 5.82 Å². The van der Waals surface area contributed by atoms with E-state index in [0.29, 0.717) is 57.9 Å². The van der Waals surface area contributed by atoms with Gasteiger partial charge in [0.2, 0.25) is 11.8 Å². The summed E-state index contributed by atoms with van der Waals surface area (Å²) >= 11 is 0. The Labute approximate surface area is 157 Å². The number of amides is 2. The zero-order valence-corrected chi connectivity index (χ0v) is 15.9. The van der Waals surface area contributed by atoms with E-state index in [1.165, 1.54) is 4.68 Å². The van der Waals surface area contributed by atoms with Gasteiger partial charge in [-0.3, -0.25) is 14.2 Å². The van der Waals surface area contributed by atoms with Crippen molar-refractivity contribution in [3.63, 3.8) is 0 Å². The van der Waals surface area contributed by atoms with Gasteiger partial charge in [-0.1, -0.05) is 6.42 Å². The minimum atomic E-state index is -0.506. The van der Waals surface area contributed by atoms with Crippen LogP contribution >= 0.6 is 0 Å². The summed E-state index contributed by atoms with van der Waals surface area (Å²) < 4.78 is 9.02. The fourth-order valence-corrected chi connectivity index (χ4v) is 4.34. The van der Waals surface area contributed by atoms with E-state index in [2.05, 4.69) is 5.10 Å². The second-order valence-electron chi connectivity index (χ2n) is 7.89. The van der Waals surface area contributed by atoms with Gasteiger partial charge in [0.05, 0.1) is 13.1 Å². The molecule has 0 radical (unpaired) electrons. The van der Waals surface area contributed by atoms with Crippen molar-refractivity contribution in [2.75, 3.05) is 26.2 Å². The molecule has 1 unspecified atom stereocenters. The lowest BCUT2D eigenvalue weighted by atomic mass is 10.0. The number of aryl methyl sites for hydroxylation is 1. The molecule has 4 heterocycles. The van der Waals surface area contributed by atoms with Gasteiger partial charge in [-0.15, -0.1) is 0 Å². The molecule has 2 saturated heterocycles. The average molecular weight is 377 g/mol. The smallest absolute Gasteiger partial charge is 0.345 e. The largest absolute Gasteiger partial charge is 0.363 e. The lowest BCUT2D eigenvalue weighted by molar-refractivity contribution is -0.135. The maximum absolute atomic E-state index is 12.7. The van der Waals surface area contributed by atoms with Crippen molar-refractivity contribution in [1.29, 1.82) is 0 Å². The SMILES string of the molecule is Cn1nc2n(c1=O)CC1(CCN(C(=O)CCN3CCCCCC3=O)C1)OC2. The number of hydrogen-bond donors (Lipinski definition) is 0. The highest BCUT2D eigenvalue weighted by Crippen LogP contribution is 2.31. The van der Waals surface area contributed by atoms with Gasteiger partial charge in [0.1, 0.15) is 12.2 Å². The van der Waals surface area contributed by atoms with E-state index in [-0.39, 0.29) is 17.5 Å². The second-order valence-corrected chi connectivity index (χ2v) is 7.89. The van der Waals surface area contributed by atoms with Crippen molar-refractivity contribution in [1.82, 2.24) is 24.1 Å². The zero-order chi connectivity index (χ0) is 19.0. The first kappa shape index (κ1) is 18.2. The van der Waals surface area contributed by atoms with Crippen LogP contribution in [-0.4, -0.2) is 67.7 Å². The minimum Gasteiger partial charge on any atom is -0.363 e. The zero-order valence-electron chi connectivity index (χ0n) is 15.9. The second kappa shape index (κ2) is 7.10. The van der Waals surface area contributed by atoms with Gasteiger partial charge in [-0.25, -0.2) is 9.48 Å². The third kappa shape index (κ3) is 3.52. The lowest BCUT2D eigenvalue weighted by Crippen LogP contribution is -2.47. The minimum absolute atomic E-state index is 0.0526. The van der Waals surface area contributed by atoms with Crippen LogP contribution in [0.3, 0.4) is 0 Å². The fourth-order valence-electron chi connectivity index (χ4n) is 4.34. The number of aromatic nitrogens is 3. The van der Waals surface area contributed by atoms with E-state index >= 15 is 0 Å². The van der Waals surface area contributed by atoms with E-state index in [0.717, 1.165) is 25.8 Å². The first-order valence-electron chi connectivity index (χ1n) is 9.80. The van der Waals surface area contributed by atoms with E-state index in [1.807, 2.05) is 9.80 Å². The Hall–Kier alpha value is -2.16. The van der Waals surface area contributed by atoms with Gasteiger partial charge in [0.25, 0.3) is 0 Å². The van der Waals surface area contributed by atoms with Crippen LogP contribution in [0.5, 0.6) is 0 Å². The summed E-state index contributed by atoms with van der Waals surface area (Å²) in [5, 5.41) is 4.18. The van der Waals surface area contributed by atoms with Crippen molar-refractivity contribution in [2.45, 2.75) is 57.3 Å². The summed E-state index contributed by atoms with van der Waals surface area (Å²) in [6.07, 6.45) is 4.70. The van der Waals surface area contributed by atoms with E-state index < -0.39 is 5.60 Å². The molecular weight excluding hydrogens is 350 g/mol. The Balaban J connectivity index is 1.35. The number of rotatable bonds is 3. The summed E-state index contributed by atoms with van der Waals surface area (Å²) in [5.74, 6) is 0.853. The van der Waals surface area contributed by atoms with Crippen LogP contribution in [0.4, 0.5) is 0 Å². The van der Waals surface area contributed by atoms with E-state index in [4.69, 9.17) is 4.74 Å². The van der Waals surface area contributed by atoms with E-state index in [9.17, 15) is 14.4 Å². The summed E-state index contributed by atoms with van der Waals surface area (Å²) in [6, 6.07) is 0. The Morgan fingerprint density at radius 3 is 2.89 bits per heavy atom. The van der Waals surface area contributed by atoms with Crippen LogP contribution in [-0.2, 0) is 34.5 Å². The molecule has 0 aromatic carbocycles. The molecule has 3 aliphatic rings. The predicted octanol–water partition coefficient (Wildman–Crippen LogP) is -0.124. The maximum Gasteiger partial charge on any atom is 0.345 e. The van der Waals surface area contributed by atoms with Crippen molar-refractivity contribution in [3.05, 3.63) is 16.3 Å². The van der Waals surface area contributed by atoms with Crippen molar-refractivity contribution >= 4 is 11.8 Å². The highest BCUT2D eigenvalue weighted by Gasteiger charge is 2.44. The molecule has 3 aliphatic heterocycles. The van der Waals surface area contributed by atoms with E-state index in [1.54, 1.807) is 11.6 Å². The number of hydrogen-bond acceptors (Lipinski definition) is 5. The van der Waals surface area contributed by atoms with Crippen LogP contribution < -0.4 is 5.69 Å². The molecule has 1 atom stereocenters. The molecule has 27 heavy (non-hydrogen) atoms. The van der Waals surface area contributed by atoms with Crippen LogP contribution in [0.15, 0.2) is 4.79 Å². The quantitative estimate of drug-likeness (QED) is 0.732. The molecule has 2 fully saturated rings. The molecule has 0 N–H and O–H groups in total. The first-order chi connectivity index (χ1) is 13.0. The molecule has 1 spiro atoms. The average Bonchev–Trinajstić information content (AvgIpc) is 3.11. The molecule has 1 aromatic rings. The molecular formula is C18H27N5O4. The molecule has 0 saturated carbocycles. The van der Waals surface area contributed by atoms with Gasteiger partial charge >= 0.3 is 5.69 Å². The Morgan fingerprint density at radius 2 is 2.04 bits per heavy atom. The van der Waals surface area contributed by atoms with Gasteiger partial charge < -0.3 is 14.5 Å². The molecule has 0 bridgehead atoms. The molecule has 1 aromatic heterocycles. The highest BCUT2D eigenvalue weighted by molar-refractivity contribution is 5.79. The van der Waals surface area contributed by atoms with Crippen LogP contribution in [0.1, 0.15) is 44.3 Å². The fraction of sp³-hybridized carbons (Fsp3) is 0.778. The number of ether oxygens (including phenoxy) is 1. The van der Waals surface area contributed by atoms with Gasteiger partial charge in [0, 0.05) is 39.5 Å². The van der Waals surface area contributed by atoms with Gasteiger partial charge in [-0.05, 0) is 19.3 Å². The number of carbonyl (C=O) groups is 2. The molecule has 9 nitrogen and oxygen atoms in total. The van der Waals surface area contributed by atoms with Crippen LogP contribution in [0.25, 0.3) is 0 Å². The monoisotopic (exact) mass is 377 g/mol. The van der Waals surface area contributed by atoms with Crippen molar-refractivity contribution < 1.29 is 14.3 Å². The first-order valence-corrected chi connectivity index (χ1v) is 9.80. The number of likely N-dealkylation sites (tertiary alicyclic amines) is 2. The lowest BCUT2D eigenvalue weighted by Gasteiger charge is -2.33. The molecule has 9 heteroatoms. The number of fused-ring (bicyclic) bond motifs is 1. The Morgan fingerprint density at radius 1 is 1.19 bits per heavy atom. The normalized spacial score (nSPS) is 25.7. The third-order valence-electron chi connectivity index (χ3n) is 5.97. The predicted molar refractivity (Wildman–Crippen MR) is 95.9 cm³/mol. The topological polar surface area (TPSA) is 89.7 Å². The third-order valence-corrected chi connectivity index (χ3v) is 5.97. The molecule has 0 aliphatic carbocycles. The molecule has 4 rings (SSSR count). The number of nitrogens with zero attached hydrogens (tertiary/aromatic N) is 5. The highest BCUT2D eigenvalue weighted by atomic mass is 16.5. The maximum atomic E-state index is 12.7. The van der Waals surface area contributed by atoms with Crippen LogP contribution in [0.2, 0.25) is 0 Å². The van der Waals surface area contributed by atoms with Crippen molar-refractivity contribution in [3.8, 4) is 0 Å². The molecule has 2 amide bonds. The summed E-state index contributed by atoms with van der Waals surface area (Å²) in [6.45, 7) is 3.08. The molecule has 148 valence electrons. The number of carbonyl (C=O) groups excluding carboxylic acids is 2. The summed E-state index contributed by atoms with van der Waals surface area (Å²) in [7, 11) is 1.63. The standard InChI is InChI=1S/C18H27N5O4/c1-20-17(26)23-13-18(27-11-14(23)19-20)7-10-22(12-18)16(25)6-9-21-8-4-2-3-5-15(21)24/h2-13H2,1H3. The van der Waals surface area contributed by atoms with Crippen LogP contribution in [0, 0.1) is 0 Å². The van der Waals surface area contributed by atoms with Crippen molar-refractivity contribution in [2.24, 2.45) is 7.05 Å². The summed E-state index contributed by atoms with van der Waals surface area (Å²) in [5.41, 5.74) is -0.648. The van der Waals surface area contributed by atoms with Gasteiger partial charge in [-0.2, -0.15) is 5.10 Å². The Bertz CT molecular complexity index is 800. The summed E-state index contributed by atoms with van der Waals surface area (Å²) in [4.78, 5) is 40.6. The Kier molecular flexibility index (Phi) is 4.79.